The molecule has 11 heteroatoms. The second-order valence-corrected chi connectivity index (χ2v) is 10.0. The highest BCUT2D eigenvalue weighted by atomic mass is 32.2. The summed E-state index contributed by atoms with van der Waals surface area (Å²) in [5.41, 5.74) is 1.05. The summed E-state index contributed by atoms with van der Waals surface area (Å²) in [6.45, 7) is 1.78. The van der Waals surface area contributed by atoms with Crippen LogP contribution in [0.3, 0.4) is 0 Å². The Balaban J connectivity index is 1.66. The summed E-state index contributed by atoms with van der Waals surface area (Å²) >= 11 is 0. The molecule has 1 aromatic rings. The molecule has 2 aliphatic rings. The monoisotopic (exact) mass is 436 g/mol. The summed E-state index contributed by atoms with van der Waals surface area (Å²) < 4.78 is 37.3. The van der Waals surface area contributed by atoms with Crippen LogP contribution in [0.4, 0.5) is 9.18 Å². The molecule has 1 aromatic heterocycles. The van der Waals surface area contributed by atoms with E-state index in [9.17, 15) is 22.4 Å². The highest BCUT2D eigenvalue weighted by Crippen LogP contribution is 2.25. The first-order valence-electron chi connectivity index (χ1n) is 9.07. The summed E-state index contributed by atoms with van der Waals surface area (Å²) in [7, 11) is -3.85. The zero-order chi connectivity index (χ0) is 22.2. The SMILES string of the molecule is CC(CCN1Cc2cc(C#CC#CC3(F)CNC3)cn2C1=O)(C(=O)NO)S(C)(=O)=O. The number of nitrogens with one attached hydrogen (secondary N) is 2. The van der Waals surface area contributed by atoms with Gasteiger partial charge in [0.1, 0.15) is 0 Å². The first kappa shape index (κ1) is 21.8. The summed E-state index contributed by atoms with van der Waals surface area (Å²) in [6.07, 6.45) is 2.24. The number of hydrogen-bond acceptors (Lipinski definition) is 6. The Hall–Kier alpha value is -2.86. The molecule has 30 heavy (non-hydrogen) atoms. The second-order valence-electron chi connectivity index (χ2n) is 7.56. The van der Waals surface area contributed by atoms with Crippen LogP contribution in [-0.2, 0) is 21.2 Å². The van der Waals surface area contributed by atoms with E-state index in [1.54, 1.807) is 6.07 Å². The fourth-order valence-corrected chi connectivity index (χ4v) is 3.92. The van der Waals surface area contributed by atoms with Gasteiger partial charge in [0.05, 0.1) is 6.54 Å². The van der Waals surface area contributed by atoms with Crippen LogP contribution >= 0.6 is 0 Å². The minimum Gasteiger partial charge on any atom is -0.318 e. The molecule has 1 fully saturated rings. The molecule has 1 unspecified atom stereocenters. The van der Waals surface area contributed by atoms with E-state index in [1.807, 2.05) is 0 Å². The molecule has 0 aliphatic carbocycles. The zero-order valence-electron chi connectivity index (χ0n) is 16.5. The Morgan fingerprint density at radius 3 is 2.67 bits per heavy atom. The topological polar surface area (TPSA) is 121 Å². The van der Waals surface area contributed by atoms with Crippen LogP contribution in [0.15, 0.2) is 12.3 Å². The van der Waals surface area contributed by atoms with Gasteiger partial charge in [-0.05, 0) is 37.2 Å². The van der Waals surface area contributed by atoms with Gasteiger partial charge in [0.25, 0.3) is 5.91 Å². The maximum atomic E-state index is 13.7. The van der Waals surface area contributed by atoms with Crippen molar-refractivity contribution in [3.8, 4) is 23.7 Å². The molecule has 160 valence electrons. The van der Waals surface area contributed by atoms with E-state index in [0.717, 1.165) is 6.26 Å². The van der Waals surface area contributed by atoms with Crippen LogP contribution in [0.25, 0.3) is 0 Å². The number of aromatic nitrogens is 1. The van der Waals surface area contributed by atoms with E-state index < -0.39 is 26.2 Å². The number of rotatable bonds is 5. The lowest BCUT2D eigenvalue weighted by Gasteiger charge is -2.29. The third kappa shape index (κ3) is 4.05. The van der Waals surface area contributed by atoms with Crippen LogP contribution in [0.5, 0.6) is 0 Å². The van der Waals surface area contributed by atoms with E-state index in [1.165, 1.54) is 28.1 Å². The number of halogens is 1. The molecule has 2 amide bonds. The number of sulfone groups is 1. The van der Waals surface area contributed by atoms with Crippen LogP contribution in [0.1, 0.15) is 24.6 Å². The number of carbonyl (C=O) groups excluding carboxylic acids is 2. The lowest BCUT2D eigenvalue weighted by atomic mass is 10.0. The summed E-state index contributed by atoms with van der Waals surface area (Å²) in [5.74, 6) is 9.22. The van der Waals surface area contributed by atoms with E-state index in [0.29, 0.717) is 11.3 Å². The van der Waals surface area contributed by atoms with Gasteiger partial charge in [0, 0.05) is 43.3 Å². The predicted molar refractivity (Wildman–Crippen MR) is 105 cm³/mol. The third-order valence-electron chi connectivity index (χ3n) is 5.35. The van der Waals surface area contributed by atoms with Gasteiger partial charge in [-0.25, -0.2) is 23.1 Å². The Bertz CT molecular complexity index is 1120. The van der Waals surface area contributed by atoms with Crippen molar-refractivity contribution in [1.82, 2.24) is 20.3 Å². The number of amides is 2. The van der Waals surface area contributed by atoms with Crippen molar-refractivity contribution in [2.24, 2.45) is 0 Å². The van der Waals surface area contributed by atoms with Crippen molar-refractivity contribution in [2.75, 3.05) is 25.9 Å². The summed E-state index contributed by atoms with van der Waals surface area (Å²) in [5, 5.41) is 11.7. The molecule has 0 bridgehead atoms. The van der Waals surface area contributed by atoms with Gasteiger partial charge in [-0.2, -0.15) is 0 Å². The number of nitrogens with zero attached hydrogens (tertiary/aromatic N) is 2. The van der Waals surface area contributed by atoms with Crippen molar-refractivity contribution in [2.45, 2.75) is 30.3 Å². The lowest BCUT2D eigenvalue weighted by molar-refractivity contribution is -0.131. The number of hydroxylamine groups is 1. The number of alkyl halides is 1. The van der Waals surface area contributed by atoms with Crippen LogP contribution < -0.4 is 10.8 Å². The largest absolute Gasteiger partial charge is 0.328 e. The molecule has 3 heterocycles. The average Bonchev–Trinajstić information content (AvgIpc) is 3.19. The highest BCUT2D eigenvalue weighted by Gasteiger charge is 2.44. The van der Waals surface area contributed by atoms with Crippen molar-refractivity contribution >= 4 is 21.8 Å². The third-order valence-corrected chi connectivity index (χ3v) is 7.38. The average molecular weight is 436 g/mol. The Labute approximate surface area is 173 Å². The van der Waals surface area contributed by atoms with Crippen molar-refractivity contribution < 1.29 is 27.6 Å². The first-order chi connectivity index (χ1) is 14.0. The molecule has 1 atom stereocenters. The Kier molecular flexibility index (Phi) is 5.65. The van der Waals surface area contributed by atoms with Crippen LogP contribution in [-0.4, -0.2) is 71.3 Å². The molecular weight excluding hydrogens is 415 g/mol. The van der Waals surface area contributed by atoms with Crippen LogP contribution in [0, 0.1) is 23.7 Å². The van der Waals surface area contributed by atoms with Crippen molar-refractivity contribution in [1.29, 1.82) is 0 Å². The van der Waals surface area contributed by atoms with Gasteiger partial charge in [-0.15, -0.1) is 0 Å². The predicted octanol–water partition coefficient (Wildman–Crippen LogP) is -0.363. The molecule has 1 saturated heterocycles. The van der Waals surface area contributed by atoms with Crippen molar-refractivity contribution in [3.05, 3.63) is 23.5 Å². The minimum absolute atomic E-state index is 0.00336. The Morgan fingerprint density at radius 1 is 1.43 bits per heavy atom. The summed E-state index contributed by atoms with van der Waals surface area (Å²) in [4.78, 5) is 25.9. The van der Waals surface area contributed by atoms with Gasteiger partial charge >= 0.3 is 6.03 Å². The molecule has 3 rings (SSSR count). The van der Waals surface area contributed by atoms with Gasteiger partial charge in [0.2, 0.25) is 0 Å². The van der Waals surface area contributed by atoms with Gasteiger partial charge in [-0.3, -0.25) is 14.6 Å². The smallest absolute Gasteiger partial charge is 0.318 e. The highest BCUT2D eigenvalue weighted by molar-refractivity contribution is 7.92. The fourth-order valence-electron chi connectivity index (χ4n) is 3.08. The molecule has 0 aromatic carbocycles. The number of hydrogen-bond donors (Lipinski definition) is 3. The van der Waals surface area contributed by atoms with Gasteiger partial charge in [0.15, 0.2) is 20.3 Å². The number of carbonyl (C=O) groups is 2. The van der Waals surface area contributed by atoms with E-state index >= 15 is 0 Å². The zero-order valence-corrected chi connectivity index (χ0v) is 17.3. The second kappa shape index (κ2) is 7.76. The van der Waals surface area contributed by atoms with Gasteiger partial charge < -0.3 is 10.2 Å². The van der Waals surface area contributed by atoms with Crippen LogP contribution in [0.2, 0.25) is 0 Å². The quantitative estimate of drug-likeness (QED) is 0.329. The maximum absolute atomic E-state index is 13.7. The van der Waals surface area contributed by atoms with Gasteiger partial charge in [-0.1, -0.05) is 5.92 Å². The first-order valence-corrected chi connectivity index (χ1v) is 11.0. The van der Waals surface area contributed by atoms with E-state index in [4.69, 9.17) is 5.21 Å². The number of fused-ring (bicyclic) bond motifs is 1. The lowest BCUT2D eigenvalue weighted by Crippen LogP contribution is -2.55. The molecule has 9 nitrogen and oxygen atoms in total. The Morgan fingerprint density at radius 2 is 2.13 bits per heavy atom. The molecule has 0 radical (unpaired) electrons. The standard InChI is InChI=1S/C19H21FN4O5S/c1-18(16(25)22-27,30(2,28)29)7-8-23-11-15-9-14(10-24(15)17(23)26)5-3-4-6-19(20)12-21-13-19/h9-10,21,27H,7-8,11-13H2,1-2H3,(H,22,25). The maximum Gasteiger partial charge on any atom is 0.328 e. The normalized spacial score (nSPS) is 18.8. The molecular formula is C19H21FN4O5S. The fraction of sp³-hybridized carbons (Fsp3) is 0.474. The molecule has 0 spiro atoms. The molecule has 3 N–H and O–H groups in total. The molecule has 2 aliphatic heterocycles. The summed E-state index contributed by atoms with van der Waals surface area (Å²) in [6, 6.07) is 1.31. The molecule has 0 saturated carbocycles. The van der Waals surface area contributed by atoms with E-state index in [2.05, 4.69) is 29.0 Å². The van der Waals surface area contributed by atoms with Crippen molar-refractivity contribution in [3.63, 3.8) is 0 Å². The minimum atomic E-state index is -3.85. The van der Waals surface area contributed by atoms with E-state index in [-0.39, 0.29) is 38.6 Å².